The second-order valence-electron chi connectivity index (χ2n) is 8.70. The van der Waals surface area contributed by atoms with Gasteiger partial charge in [-0.2, -0.15) is 4.98 Å². The zero-order valence-corrected chi connectivity index (χ0v) is 20.8. The number of piperazine rings is 1. The molecular weight excluding hydrogens is 463 g/mol. The second kappa shape index (κ2) is 11.2. The number of amides is 1. The maximum atomic E-state index is 15.2. The van der Waals surface area contributed by atoms with E-state index in [1.54, 1.807) is 6.07 Å². The summed E-state index contributed by atoms with van der Waals surface area (Å²) in [5, 5.41) is 3.77. The monoisotopic (exact) mass is 496 g/mol. The van der Waals surface area contributed by atoms with Crippen molar-refractivity contribution in [1.82, 2.24) is 20.2 Å². The number of aromatic nitrogens is 2. The normalized spacial score (nSPS) is 20.4. The molecule has 1 aromatic carbocycles. The lowest BCUT2D eigenvalue weighted by Gasteiger charge is -2.42. The Balaban J connectivity index is 0.00000324. The number of rotatable bonds is 7. The number of nitrogens with two attached hydrogens (primary N) is 1. The van der Waals surface area contributed by atoms with Crippen LogP contribution in [0.25, 0.3) is 10.9 Å². The van der Waals surface area contributed by atoms with Crippen LogP contribution in [0.3, 0.4) is 0 Å². The molecule has 0 unspecified atom stereocenters. The fourth-order valence-corrected chi connectivity index (χ4v) is 4.86. The van der Waals surface area contributed by atoms with Gasteiger partial charge in [-0.15, -0.1) is 12.4 Å². The molecule has 0 radical (unpaired) electrons. The SMILES string of the molecule is CCC[C@H]1CN(C(=O)C[C@@H]2CCCN2)CCN1c1nc(N)c2cc(OC)c(OC)c(F)c2n1.Cl. The first kappa shape index (κ1) is 26.0. The Hall–Kier alpha value is -2.59. The van der Waals surface area contributed by atoms with Crippen LogP contribution in [0.15, 0.2) is 6.07 Å². The first-order valence-corrected chi connectivity index (χ1v) is 11.6. The quantitative estimate of drug-likeness (QED) is 0.602. The summed E-state index contributed by atoms with van der Waals surface area (Å²) in [5.74, 6) is 0.308. The van der Waals surface area contributed by atoms with Gasteiger partial charge in [0.1, 0.15) is 11.3 Å². The summed E-state index contributed by atoms with van der Waals surface area (Å²) in [6.07, 6.45) is 4.51. The van der Waals surface area contributed by atoms with Crippen LogP contribution in [0.5, 0.6) is 11.5 Å². The van der Waals surface area contributed by atoms with E-state index in [1.165, 1.54) is 14.2 Å². The number of nitrogens with zero attached hydrogens (tertiary/aromatic N) is 4. The molecule has 188 valence electrons. The average molecular weight is 497 g/mol. The zero-order valence-electron chi connectivity index (χ0n) is 20.0. The Labute approximate surface area is 205 Å². The standard InChI is InChI=1S/C23H33FN6O3.ClH/c1-4-6-15-13-29(18(31)11-14-7-5-8-26-14)9-10-30(15)23-27-20-16(22(25)28-23)12-17(32-2)21(33-3)19(20)24;/h12,14-15,26H,4-11,13H2,1-3H3,(H2,25,27,28);1H/t14-,15-;/m0./s1. The molecule has 11 heteroatoms. The van der Waals surface area contributed by atoms with E-state index in [2.05, 4.69) is 22.2 Å². The molecule has 0 spiro atoms. The van der Waals surface area contributed by atoms with Crippen molar-refractivity contribution in [3.63, 3.8) is 0 Å². The second-order valence-corrected chi connectivity index (χ2v) is 8.70. The van der Waals surface area contributed by atoms with Gasteiger partial charge in [0.2, 0.25) is 11.9 Å². The van der Waals surface area contributed by atoms with Crippen LogP contribution in [0.2, 0.25) is 0 Å². The molecule has 3 N–H and O–H groups in total. The number of hydrogen-bond donors (Lipinski definition) is 2. The van der Waals surface area contributed by atoms with Gasteiger partial charge < -0.3 is 30.3 Å². The number of methoxy groups -OCH3 is 2. The lowest BCUT2D eigenvalue weighted by Crippen LogP contribution is -2.56. The Morgan fingerprint density at radius 2 is 2.09 bits per heavy atom. The fraction of sp³-hybridized carbons (Fsp3) is 0.609. The highest BCUT2D eigenvalue weighted by molar-refractivity contribution is 5.92. The molecule has 2 aliphatic rings. The van der Waals surface area contributed by atoms with E-state index < -0.39 is 5.82 Å². The van der Waals surface area contributed by atoms with Crippen molar-refractivity contribution in [1.29, 1.82) is 0 Å². The minimum Gasteiger partial charge on any atom is -0.493 e. The highest BCUT2D eigenvalue weighted by atomic mass is 35.5. The molecule has 1 amide bonds. The van der Waals surface area contributed by atoms with Gasteiger partial charge in [-0.05, 0) is 31.9 Å². The lowest BCUT2D eigenvalue weighted by molar-refractivity contribution is -0.132. The molecule has 2 saturated heterocycles. The maximum absolute atomic E-state index is 15.2. The summed E-state index contributed by atoms with van der Waals surface area (Å²) < 4.78 is 25.6. The fourth-order valence-electron chi connectivity index (χ4n) is 4.86. The summed E-state index contributed by atoms with van der Waals surface area (Å²) in [4.78, 5) is 25.9. The highest BCUT2D eigenvalue weighted by Crippen LogP contribution is 2.38. The van der Waals surface area contributed by atoms with E-state index in [-0.39, 0.29) is 53.2 Å². The third-order valence-corrected chi connectivity index (χ3v) is 6.59. The third-order valence-electron chi connectivity index (χ3n) is 6.59. The van der Waals surface area contributed by atoms with E-state index in [0.717, 1.165) is 32.2 Å². The Morgan fingerprint density at radius 1 is 1.29 bits per heavy atom. The summed E-state index contributed by atoms with van der Waals surface area (Å²) in [7, 11) is 2.82. The topological polar surface area (TPSA) is 106 Å². The first-order chi connectivity index (χ1) is 16.0. The molecule has 0 bridgehead atoms. The van der Waals surface area contributed by atoms with Gasteiger partial charge in [0.15, 0.2) is 17.3 Å². The van der Waals surface area contributed by atoms with Crippen molar-refractivity contribution in [2.45, 2.75) is 51.1 Å². The third kappa shape index (κ3) is 5.07. The number of halogens is 2. The van der Waals surface area contributed by atoms with E-state index >= 15 is 4.39 Å². The zero-order chi connectivity index (χ0) is 23.5. The Kier molecular flexibility index (Phi) is 8.59. The number of hydrogen-bond acceptors (Lipinski definition) is 8. The number of benzene rings is 1. The van der Waals surface area contributed by atoms with Crippen molar-refractivity contribution in [3.05, 3.63) is 11.9 Å². The molecule has 0 saturated carbocycles. The van der Waals surface area contributed by atoms with E-state index in [9.17, 15) is 4.79 Å². The van der Waals surface area contributed by atoms with Crippen LogP contribution in [-0.2, 0) is 4.79 Å². The molecule has 3 heterocycles. The van der Waals surface area contributed by atoms with Crippen molar-refractivity contribution >= 4 is 41.0 Å². The van der Waals surface area contributed by atoms with Crippen LogP contribution in [0.4, 0.5) is 16.2 Å². The lowest BCUT2D eigenvalue weighted by atomic mass is 10.1. The predicted molar refractivity (Wildman–Crippen MR) is 133 cm³/mol. The largest absolute Gasteiger partial charge is 0.493 e. The maximum Gasteiger partial charge on any atom is 0.228 e. The van der Waals surface area contributed by atoms with Gasteiger partial charge >= 0.3 is 0 Å². The number of nitrogens with one attached hydrogen (secondary N) is 1. The Morgan fingerprint density at radius 3 is 2.74 bits per heavy atom. The van der Waals surface area contributed by atoms with E-state index in [0.29, 0.717) is 37.4 Å². The molecule has 9 nitrogen and oxygen atoms in total. The number of carbonyl (C=O) groups excluding carboxylic acids is 1. The molecule has 2 aliphatic heterocycles. The van der Waals surface area contributed by atoms with Gasteiger partial charge in [0, 0.05) is 43.5 Å². The molecule has 1 aromatic heterocycles. The number of anilines is 2. The molecular formula is C23H34ClFN6O3. The van der Waals surface area contributed by atoms with Gasteiger partial charge in [0.25, 0.3) is 0 Å². The van der Waals surface area contributed by atoms with Crippen LogP contribution < -0.4 is 25.4 Å². The Bertz CT molecular complexity index is 1020. The molecule has 2 aromatic rings. The predicted octanol–water partition coefficient (Wildman–Crippen LogP) is 2.75. The minimum atomic E-state index is -0.632. The van der Waals surface area contributed by atoms with Gasteiger partial charge in [-0.1, -0.05) is 13.3 Å². The molecule has 2 fully saturated rings. The number of fused-ring (bicyclic) bond motifs is 1. The molecule has 4 rings (SSSR count). The van der Waals surface area contributed by atoms with Gasteiger partial charge in [-0.25, -0.2) is 9.37 Å². The number of ether oxygens (including phenoxy) is 2. The number of carbonyl (C=O) groups is 1. The average Bonchev–Trinajstić information content (AvgIpc) is 3.32. The van der Waals surface area contributed by atoms with Gasteiger partial charge in [-0.3, -0.25) is 4.79 Å². The smallest absolute Gasteiger partial charge is 0.228 e. The molecule has 34 heavy (non-hydrogen) atoms. The first-order valence-electron chi connectivity index (χ1n) is 11.6. The van der Waals surface area contributed by atoms with Crippen LogP contribution in [-0.4, -0.2) is 73.3 Å². The summed E-state index contributed by atoms with van der Waals surface area (Å²) in [6, 6.07) is 1.90. The summed E-state index contributed by atoms with van der Waals surface area (Å²) >= 11 is 0. The van der Waals surface area contributed by atoms with Crippen molar-refractivity contribution < 1.29 is 18.7 Å². The van der Waals surface area contributed by atoms with Crippen LogP contribution in [0.1, 0.15) is 39.0 Å². The van der Waals surface area contributed by atoms with Crippen molar-refractivity contribution in [3.8, 4) is 11.5 Å². The molecule has 2 atom stereocenters. The molecule has 0 aliphatic carbocycles. The minimum absolute atomic E-state index is 0. The van der Waals surface area contributed by atoms with E-state index in [1.807, 2.05) is 9.80 Å². The number of nitrogen functional groups attached to an aromatic ring is 1. The van der Waals surface area contributed by atoms with Crippen LogP contribution in [0, 0.1) is 5.82 Å². The van der Waals surface area contributed by atoms with Crippen LogP contribution >= 0.6 is 12.4 Å². The summed E-state index contributed by atoms with van der Waals surface area (Å²) in [6.45, 7) is 4.82. The van der Waals surface area contributed by atoms with E-state index in [4.69, 9.17) is 15.2 Å². The van der Waals surface area contributed by atoms with Crippen molar-refractivity contribution in [2.24, 2.45) is 0 Å². The van der Waals surface area contributed by atoms with Gasteiger partial charge in [0.05, 0.1) is 14.2 Å². The highest BCUT2D eigenvalue weighted by Gasteiger charge is 2.32. The summed E-state index contributed by atoms with van der Waals surface area (Å²) in [5.41, 5.74) is 6.32. The van der Waals surface area contributed by atoms with Crippen molar-refractivity contribution in [2.75, 3.05) is 51.0 Å².